The predicted octanol–water partition coefficient (Wildman–Crippen LogP) is 1.28. The van der Waals surface area contributed by atoms with E-state index in [1.54, 1.807) is 0 Å². The van der Waals surface area contributed by atoms with Gasteiger partial charge in [-0.1, -0.05) is 30.3 Å². The highest BCUT2D eigenvalue weighted by molar-refractivity contribution is 5.76. The number of rotatable bonds is 10. The Kier molecular flexibility index (Phi) is 8.67. The van der Waals surface area contributed by atoms with Crippen LogP contribution in [-0.4, -0.2) is 51.1 Å². The summed E-state index contributed by atoms with van der Waals surface area (Å²) in [7, 11) is 4.00. The van der Waals surface area contributed by atoms with Gasteiger partial charge in [-0.2, -0.15) is 0 Å². The van der Waals surface area contributed by atoms with Crippen molar-refractivity contribution < 1.29 is 4.79 Å². The Balaban J connectivity index is 1.93. The van der Waals surface area contributed by atoms with Crippen LogP contribution in [0.1, 0.15) is 18.4 Å². The van der Waals surface area contributed by atoms with Gasteiger partial charge in [0.05, 0.1) is 0 Å². The average molecular weight is 277 g/mol. The van der Waals surface area contributed by atoms with Gasteiger partial charge < -0.3 is 15.5 Å². The first-order valence-electron chi connectivity index (χ1n) is 7.34. The molecule has 0 heterocycles. The van der Waals surface area contributed by atoms with Crippen LogP contribution < -0.4 is 10.6 Å². The molecule has 2 N–H and O–H groups in total. The maximum Gasteiger partial charge on any atom is 0.221 e. The molecule has 0 aromatic heterocycles. The molecule has 0 aliphatic carbocycles. The molecule has 1 amide bonds. The SMILES string of the molecule is CN(C)CCNC(=O)CCNCCCc1ccccc1. The molecular formula is C16H27N3O. The molecule has 4 nitrogen and oxygen atoms in total. The van der Waals surface area contributed by atoms with Crippen LogP contribution in [0.5, 0.6) is 0 Å². The zero-order valence-corrected chi connectivity index (χ0v) is 12.7. The molecule has 20 heavy (non-hydrogen) atoms. The number of benzene rings is 1. The van der Waals surface area contributed by atoms with Gasteiger partial charge in [0.2, 0.25) is 5.91 Å². The monoisotopic (exact) mass is 277 g/mol. The lowest BCUT2D eigenvalue weighted by Gasteiger charge is -2.10. The summed E-state index contributed by atoms with van der Waals surface area (Å²) in [5.74, 6) is 0.127. The van der Waals surface area contributed by atoms with Crippen LogP contribution in [0.3, 0.4) is 0 Å². The van der Waals surface area contributed by atoms with E-state index in [0.29, 0.717) is 6.42 Å². The molecule has 0 saturated carbocycles. The Hall–Kier alpha value is -1.39. The highest BCUT2D eigenvalue weighted by Gasteiger charge is 2.00. The third-order valence-electron chi connectivity index (χ3n) is 3.07. The van der Waals surface area contributed by atoms with E-state index in [9.17, 15) is 4.79 Å². The molecule has 0 fully saturated rings. The highest BCUT2D eigenvalue weighted by Crippen LogP contribution is 2.01. The molecule has 1 rings (SSSR count). The molecule has 112 valence electrons. The molecule has 1 aromatic rings. The molecule has 0 radical (unpaired) electrons. The summed E-state index contributed by atoms with van der Waals surface area (Å²) in [6.45, 7) is 3.32. The Morgan fingerprint density at radius 2 is 1.85 bits per heavy atom. The lowest BCUT2D eigenvalue weighted by atomic mass is 10.1. The third kappa shape index (κ3) is 8.67. The fraction of sp³-hybridized carbons (Fsp3) is 0.562. The second-order valence-electron chi connectivity index (χ2n) is 5.24. The normalized spacial score (nSPS) is 10.8. The fourth-order valence-electron chi connectivity index (χ4n) is 1.90. The van der Waals surface area contributed by atoms with Gasteiger partial charge >= 0.3 is 0 Å². The molecule has 0 saturated heterocycles. The van der Waals surface area contributed by atoms with Crippen LogP contribution >= 0.6 is 0 Å². The maximum atomic E-state index is 11.5. The fourth-order valence-corrected chi connectivity index (χ4v) is 1.90. The summed E-state index contributed by atoms with van der Waals surface area (Å²) in [5, 5.41) is 6.22. The number of nitrogens with zero attached hydrogens (tertiary/aromatic N) is 1. The minimum atomic E-state index is 0.127. The molecular weight excluding hydrogens is 250 g/mol. The van der Waals surface area contributed by atoms with Gasteiger partial charge in [0.25, 0.3) is 0 Å². The first-order valence-corrected chi connectivity index (χ1v) is 7.34. The van der Waals surface area contributed by atoms with Crippen LogP contribution in [-0.2, 0) is 11.2 Å². The van der Waals surface area contributed by atoms with Crippen molar-refractivity contribution in [3.8, 4) is 0 Å². The van der Waals surface area contributed by atoms with E-state index in [4.69, 9.17) is 0 Å². The van der Waals surface area contributed by atoms with Crippen LogP contribution in [0.2, 0.25) is 0 Å². The summed E-state index contributed by atoms with van der Waals surface area (Å²) in [6, 6.07) is 10.5. The zero-order valence-electron chi connectivity index (χ0n) is 12.7. The zero-order chi connectivity index (χ0) is 14.6. The minimum absolute atomic E-state index is 0.127. The molecule has 4 heteroatoms. The van der Waals surface area contributed by atoms with Crippen molar-refractivity contribution in [2.75, 3.05) is 40.3 Å². The second-order valence-corrected chi connectivity index (χ2v) is 5.24. The van der Waals surface area contributed by atoms with E-state index in [1.807, 2.05) is 20.2 Å². The van der Waals surface area contributed by atoms with Crippen LogP contribution in [0.25, 0.3) is 0 Å². The summed E-state index contributed by atoms with van der Waals surface area (Å²) in [4.78, 5) is 13.6. The van der Waals surface area contributed by atoms with E-state index >= 15 is 0 Å². The minimum Gasteiger partial charge on any atom is -0.355 e. The summed E-state index contributed by atoms with van der Waals surface area (Å²) in [6.07, 6.45) is 2.74. The second kappa shape index (κ2) is 10.4. The van der Waals surface area contributed by atoms with Crippen LogP contribution in [0.15, 0.2) is 30.3 Å². The number of carbonyl (C=O) groups excluding carboxylic acids is 1. The van der Waals surface area contributed by atoms with E-state index < -0.39 is 0 Å². The number of hydrogen-bond donors (Lipinski definition) is 2. The van der Waals surface area contributed by atoms with Crippen molar-refractivity contribution in [3.63, 3.8) is 0 Å². The summed E-state index contributed by atoms with van der Waals surface area (Å²) >= 11 is 0. The van der Waals surface area contributed by atoms with Gasteiger partial charge in [-0.25, -0.2) is 0 Å². The first kappa shape index (κ1) is 16.7. The highest BCUT2D eigenvalue weighted by atomic mass is 16.1. The van der Waals surface area contributed by atoms with Gasteiger partial charge in [-0.3, -0.25) is 4.79 Å². The van der Waals surface area contributed by atoms with Gasteiger partial charge in [-0.05, 0) is 39.0 Å². The van der Waals surface area contributed by atoms with E-state index in [1.165, 1.54) is 5.56 Å². The topological polar surface area (TPSA) is 44.4 Å². The van der Waals surface area contributed by atoms with E-state index in [0.717, 1.165) is 39.0 Å². The molecule has 0 aliphatic heterocycles. The molecule has 0 bridgehead atoms. The lowest BCUT2D eigenvalue weighted by molar-refractivity contribution is -0.121. The number of hydrogen-bond acceptors (Lipinski definition) is 3. The molecule has 1 aromatic carbocycles. The summed E-state index contributed by atoms with van der Waals surface area (Å²) in [5.41, 5.74) is 1.37. The molecule has 0 aliphatic rings. The third-order valence-corrected chi connectivity index (χ3v) is 3.07. The average Bonchev–Trinajstić information content (AvgIpc) is 2.43. The Morgan fingerprint density at radius 3 is 2.55 bits per heavy atom. The lowest BCUT2D eigenvalue weighted by Crippen LogP contribution is -2.33. The number of carbonyl (C=O) groups is 1. The van der Waals surface area contributed by atoms with Gasteiger partial charge in [0.15, 0.2) is 0 Å². The Bertz CT molecular complexity index is 365. The van der Waals surface area contributed by atoms with Crippen molar-refractivity contribution >= 4 is 5.91 Å². The summed E-state index contributed by atoms with van der Waals surface area (Å²) < 4.78 is 0. The number of aryl methyl sites for hydroxylation is 1. The van der Waals surface area contributed by atoms with Crippen LogP contribution in [0.4, 0.5) is 0 Å². The van der Waals surface area contributed by atoms with Crippen molar-refractivity contribution in [3.05, 3.63) is 35.9 Å². The number of amides is 1. The van der Waals surface area contributed by atoms with Crippen molar-refractivity contribution in [2.45, 2.75) is 19.3 Å². The Morgan fingerprint density at radius 1 is 1.10 bits per heavy atom. The van der Waals surface area contributed by atoms with Crippen molar-refractivity contribution in [1.82, 2.24) is 15.5 Å². The van der Waals surface area contributed by atoms with E-state index in [-0.39, 0.29) is 5.91 Å². The smallest absolute Gasteiger partial charge is 0.221 e. The van der Waals surface area contributed by atoms with Crippen molar-refractivity contribution in [2.24, 2.45) is 0 Å². The standard InChI is InChI=1S/C16H27N3O/c1-19(2)14-13-18-16(20)10-12-17-11-6-9-15-7-4-3-5-8-15/h3-5,7-8,17H,6,9-14H2,1-2H3,(H,18,20). The van der Waals surface area contributed by atoms with Crippen LogP contribution in [0, 0.1) is 0 Å². The largest absolute Gasteiger partial charge is 0.355 e. The number of likely N-dealkylation sites (N-methyl/N-ethyl adjacent to an activating group) is 1. The molecule has 0 spiro atoms. The first-order chi connectivity index (χ1) is 9.68. The predicted molar refractivity (Wildman–Crippen MR) is 83.8 cm³/mol. The molecule has 0 unspecified atom stereocenters. The Labute approximate surface area is 122 Å². The van der Waals surface area contributed by atoms with Crippen molar-refractivity contribution in [1.29, 1.82) is 0 Å². The van der Waals surface area contributed by atoms with Gasteiger partial charge in [0.1, 0.15) is 0 Å². The van der Waals surface area contributed by atoms with Gasteiger partial charge in [-0.15, -0.1) is 0 Å². The maximum absolute atomic E-state index is 11.5. The van der Waals surface area contributed by atoms with Gasteiger partial charge in [0, 0.05) is 26.1 Å². The van der Waals surface area contributed by atoms with E-state index in [2.05, 4.69) is 39.8 Å². The molecule has 0 atom stereocenters. The number of nitrogens with one attached hydrogen (secondary N) is 2. The quantitative estimate of drug-likeness (QED) is 0.633.